The van der Waals surface area contributed by atoms with E-state index in [1.165, 1.54) is 6.20 Å². The minimum absolute atomic E-state index is 0.347. The Morgan fingerprint density at radius 3 is 2.60 bits per heavy atom. The van der Waals surface area contributed by atoms with Gasteiger partial charge in [0, 0.05) is 30.4 Å². The Hall–Kier alpha value is -2.30. The van der Waals surface area contributed by atoms with Crippen LogP contribution >= 0.6 is 0 Å². The summed E-state index contributed by atoms with van der Waals surface area (Å²) in [7, 11) is 0. The van der Waals surface area contributed by atoms with E-state index >= 15 is 0 Å². The lowest BCUT2D eigenvalue weighted by molar-refractivity contribution is 0.1000. The van der Waals surface area contributed by atoms with Gasteiger partial charge in [-0.25, -0.2) is 9.97 Å². The summed E-state index contributed by atoms with van der Waals surface area (Å²) in [5, 5.41) is 0. The van der Waals surface area contributed by atoms with Gasteiger partial charge in [-0.15, -0.1) is 0 Å². The highest BCUT2D eigenvalue weighted by molar-refractivity contribution is 5.93. The molecule has 0 aliphatic heterocycles. The third kappa shape index (κ3) is 1.96. The molecule has 0 aliphatic carbocycles. The molecule has 5 heteroatoms. The molecule has 0 unspecified atom stereocenters. The maximum atomic E-state index is 10.9. The first-order valence-electron chi connectivity index (χ1n) is 4.29. The Labute approximate surface area is 86.0 Å². The van der Waals surface area contributed by atoms with E-state index in [9.17, 15) is 4.79 Å². The minimum Gasteiger partial charge on any atom is -0.366 e. The summed E-state index contributed by atoms with van der Waals surface area (Å²) in [6, 6.07) is 3.33. The van der Waals surface area contributed by atoms with Crippen molar-refractivity contribution in [3.63, 3.8) is 0 Å². The van der Waals surface area contributed by atoms with Crippen molar-refractivity contribution < 1.29 is 4.79 Å². The number of amides is 1. The predicted molar refractivity (Wildman–Crippen MR) is 53.8 cm³/mol. The van der Waals surface area contributed by atoms with Crippen molar-refractivity contribution >= 4 is 5.91 Å². The SMILES string of the molecule is NC(=O)c1cncc(-c2ncccn2)c1. The van der Waals surface area contributed by atoms with Gasteiger partial charge in [0.2, 0.25) is 5.91 Å². The number of carbonyl (C=O) groups is 1. The first-order valence-corrected chi connectivity index (χ1v) is 4.29. The number of primary amides is 1. The number of aromatic nitrogens is 3. The standard InChI is InChI=1S/C10H8N4O/c11-9(15)7-4-8(6-12-5-7)10-13-2-1-3-14-10/h1-6H,(H2,11,15). The fraction of sp³-hybridized carbons (Fsp3) is 0. The number of pyridine rings is 1. The second-order valence-electron chi connectivity index (χ2n) is 2.90. The van der Waals surface area contributed by atoms with Crippen molar-refractivity contribution in [3.8, 4) is 11.4 Å². The van der Waals surface area contributed by atoms with Gasteiger partial charge < -0.3 is 5.73 Å². The predicted octanol–water partition coefficient (Wildman–Crippen LogP) is 0.637. The maximum absolute atomic E-state index is 10.9. The highest BCUT2D eigenvalue weighted by atomic mass is 16.1. The first-order chi connectivity index (χ1) is 7.27. The molecule has 2 rings (SSSR count). The molecule has 0 fully saturated rings. The van der Waals surface area contributed by atoms with Gasteiger partial charge >= 0.3 is 0 Å². The lowest BCUT2D eigenvalue weighted by Crippen LogP contribution is -2.11. The van der Waals surface area contributed by atoms with Gasteiger partial charge in [-0.3, -0.25) is 9.78 Å². The third-order valence-corrected chi connectivity index (χ3v) is 1.85. The first kappa shape index (κ1) is 9.26. The molecular weight excluding hydrogens is 192 g/mol. The van der Waals surface area contributed by atoms with Crippen molar-refractivity contribution in [1.29, 1.82) is 0 Å². The molecule has 0 saturated heterocycles. The number of rotatable bonds is 2. The van der Waals surface area contributed by atoms with Crippen LogP contribution in [0.15, 0.2) is 36.9 Å². The minimum atomic E-state index is -0.514. The van der Waals surface area contributed by atoms with Gasteiger partial charge in [0.15, 0.2) is 5.82 Å². The van der Waals surface area contributed by atoms with Crippen LogP contribution in [0.25, 0.3) is 11.4 Å². The van der Waals surface area contributed by atoms with E-state index in [1.807, 2.05) is 0 Å². The summed E-state index contributed by atoms with van der Waals surface area (Å²) in [6.45, 7) is 0. The smallest absolute Gasteiger partial charge is 0.250 e. The Bertz CT molecular complexity index is 484. The molecule has 0 aliphatic rings. The topological polar surface area (TPSA) is 81.8 Å². The Morgan fingerprint density at radius 2 is 1.93 bits per heavy atom. The van der Waals surface area contributed by atoms with Crippen molar-refractivity contribution in [2.45, 2.75) is 0 Å². The summed E-state index contributed by atoms with van der Waals surface area (Å²) >= 11 is 0. The van der Waals surface area contributed by atoms with Crippen molar-refractivity contribution in [2.24, 2.45) is 5.73 Å². The molecule has 0 saturated carbocycles. The molecule has 5 nitrogen and oxygen atoms in total. The summed E-state index contributed by atoms with van der Waals surface area (Å²) in [5.41, 5.74) is 6.16. The van der Waals surface area contributed by atoms with Crippen LogP contribution in [0.1, 0.15) is 10.4 Å². The van der Waals surface area contributed by atoms with E-state index in [4.69, 9.17) is 5.73 Å². The Morgan fingerprint density at radius 1 is 1.20 bits per heavy atom. The molecule has 2 aromatic heterocycles. The molecular formula is C10H8N4O. The van der Waals surface area contributed by atoms with Gasteiger partial charge in [-0.1, -0.05) is 0 Å². The van der Waals surface area contributed by atoms with Crippen molar-refractivity contribution in [2.75, 3.05) is 0 Å². The van der Waals surface area contributed by atoms with Crippen LogP contribution in [0, 0.1) is 0 Å². The van der Waals surface area contributed by atoms with Crippen LogP contribution in [0.4, 0.5) is 0 Å². The van der Waals surface area contributed by atoms with E-state index in [2.05, 4.69) is 15.0 Å². The van der Waals surface area contributed by atoms with Crippen LogP contribution in [0.5, 0.6) is 0 Å². The lowest BCUT2D eigenvalue weighted by Gasteiger charge is -1.99. The molecule has 74 valence electrons. The molecule has 0 aromatic carbocycles. The second-order valence-corrected chi connectivity index (χ2v) is 2.90. The Kier molecular flexibility index (Phi) is 2.37. The number of hydrogen-bond acceptors (Lipinski definition) is 4. The molecule has 0 atom stereocenters. The van der Waals surface area contributed by atoms with E-state index in [0.29, 0.717) is 17.0 Å². The number of hydrogen-bond donors (Lipinski definition) is 1. The zero-order valence-electron chi connectivity index (χ0n) is 7.79. The van der Waals surface area contributed by atoms with Gasteiger partial charge in [0.05, 0.1) is 5.56 Å². The summed E-state index contributed by atoms with van der Waals surface area (Å²) in [5.74, 6) is 0.00776. The normalized spacial score (nSPS) is 9.87. The van der Waals surface area contributed by atoms with Crippen LogP contribution < -0.4 is 5.73 Å². The second kappa shape index (κ2) is 3.83. The number of nitrogens with zero attached hydrogens (tertiary/aromatic N) is 3. The summed E-state index contributed by atoms with van der Waals surface area (Å²) in [6.07, 6.45) is 6.25. The fourth-order valence-electron chi connectivity index (χ4n) is 1.15. The number of nitrogens with two attached hydrogens (primary N) is 1. The summed E-state index contributed by atoms with van der Waals surface area (Å²) in [4.78, 5) is 22.9. The number of carbonyl (C=O) groups excluding carboxylic acids is 1. The van der Waals surface area contributed by atoms with Crippen LogP contribution in [-0.4, -0.2) is 20.9 Å². The van der Waals surface area contributed by atoms with Crippen molar-refractivity contribution in [3.05, 3.63) is 42.5 Å². The average Bonchev–Trinajstić information content (AvgIpc) is 2.30. The molecule has 0 bridgehead atoms. The monoisotopic (exact) mass is 200 g/mol. The van der Waals surface area contributed by atoms with Gasteiger partial charge in [0.25, 0.3) is 0 Å². The fourth-order valence-corrected chi connectivity index (χ4v) is 1.15. The van der Waals surface area contributed by atoms with Gasteiger partial charge in [-0.2, -0.15) is 0 Å². The molecule has 2 heterocycles. The third-order valence-electron chi connectivity index (χ3n) is 1.85. The molecule has 0 spiro atoms. The lowest BCUT2D eigenvalue weighted by atomic mass is 10.2. The quantitative estimate of drug-likeness (QED) is 0.771. The van der Waals surface area contributed by atoms with Crippen molar-refractivity contribution in [1.82, 2.24) is 15.0 Å². The molecule has 15 heavy (non-hydrogen) atoms. The molecule has 2 N–H and O–H groups in total. The van der Waals surface area contributed by atoms with Crippen LogP contribution in [0.2, 0.25) is 0 Å². The molecule has 0 radical (unpaired) electrons. The highest BCUT2D eigenvalue weighted by Gasteiger charge is 2.05. The average molecular weight is 200 g/mol. The van der Waals surface area contributed by atoms with E-state index in [-0.39, 0.29) is 0 Å². The maximum Gasteiger partial charge on any atom is 0.250 e. The van der Waals surface area contributed by atoms with E-state index < -0.39 is 5.91 Å². The van der Waals surface area contributed by atoms with Gasteiger partial charge in [0.1, 0.15) is 0 Å². The largest absolute Gasteiger partial charge is 0.366 e. The highest BCUT2D eigenvalue weighted by Crippen LogP contribution is 2.13. The zero-order valence-corrected chi connectivity index (χ0v) is 7.79. The molecule has 2 aromatic rings. The zero-order chi connectivity index (χ0) is 10.7. The van der Waals surface area contributed by atoms with Gasteiger partial charge in [-0.05, 0) is 12.1 Å². The summed E-state index contributed by atoms with van der Waals surface area (Å²) < 4.78 is 0. The molecule has 1 amide bonds. The Balaban J connectivity index is 2.46. The van der Waals surface area contributed by atoms with E-state index in [0.717, 1.165) is 0 Å². The van der Waals surface area contributed by atoms with Crippen LogP contribution in [-0.2, 0) is 0 Å². The van der Waals surface area contributed by atoms with E-state index in [1.54, 1.807) is 30.7 Å². The van der Waals surface area contributed by atoms with Crippen LogP contribution in [0.3, 0.4) is 0 Å².